The van der Waals surface area contributed by atoms with Crippen molar-refractivity contribution in [2.24, 2.45) is 0 Å². The van der Waals surface area contributed by atoms with Gasteiger partial charge in [-0.25, -0.2) is 0 Å². The van der Waals surface area contributed by atoms with Gasteiger partial charge < -0.3 is 0 Å². The van der Waals surface area contributed by atoms with Crippen LogP contribution in [0.25, 0.3) is 0 Å². The molecule has 0 heteroatoms. The van der Waals surface area contributed by atoms with E-state index in [9.17, 15) is 0 Å². The number of hydrogen-bond donors (Lipinski definition) is 0. The topological polar surface area (TPSA) is 0 Å². The van der Waals surface area contributed by atoms with Gasteiger partial charge in [-0.3, -0.25) is 0 Å². The van der Waals surface area contributed by atoms with Crippen molar-refractivity contribution in [1.82, 2.24) is 0 Å². The Hall–Kier alpha value is -1.30. The highest BCUT2D eigenvalue weighted by molar-refractivity contribution is 5.39. The molecule has 0 aromatic heterocycles. The average molecular weight is 170 g/mol. The van der Waals surface area contributed by atoms with Crippen molar-refractivity contribution in [2.45, 2.75) is 19.8 Å². The Morgan fingerprint density at radius 1 is 1.08 bits per heavy atom. The maximum Gasteiger partial charge on any atom is -0.00263 e. The summed E-state index contributed by atoms with van der Waals surface area (Å²) in [6.07, 6.45) is 6.82. The van der Waals surface area contributed by atoms with Crippen LogP contribution >= 0.6 is 0 Å². The first-order valence-electron chi connectivity index (χ1n) is 4.76. The van der Waals surface area contributed by atoms with E-state index in [1.54, 1.807) is 0 Å². The van der Waals surface area contributed by atoms with E-state index in [1.807, 2.05) is 0 Å². The number of hydrogen-bond acceptors (Lipinski definition) is 0. The molecule has 0 nitrogen and oxygen atoms in total. The van der Waals surface area contributed by atoms with Crippen molar-refractivity contribution in [3.05, 3.63) is 59.2 Å². The summed E-state index contributed by atoms with van der Waals surface area (Å²) in [7, 11) is 0. The Bertz CT molecular complexity index is 342. The van der Waals surface area contributed by atoms with E-state index in [0.717, 1.165) is 12.8 Å². The summed E-state index contributed by atoms with van der Waals surface area (Å²) in [5.41, 5.74) is 4.35. The van der Waals surface area contributed by atoms with Gasteiger partial charge in [-0.15, -0.1) is 0 Å². The molecule has 0 radical (unpaired) electrons. The van der Waals surface area contributed by atoms with E-state index in [4.69, 9.17) is 0 Å². The molecule has 0 bridgehead atoms. The van der Waals surface area contributed by atoms with Gasteiger partial charge in [-0.05, 0) is 30.9 Å². The lowest BCUT2D eigenvalue weighted by molar-refractivity contribution is 1.16. The smallest absolute Gasteiger partial charge is 0.00263 e. The van der Waals surface area contributed by atoms with Crippen molar-refractivity contribution in [3.63, 3.8) is 0 Å². The van der Waals surface area contributed by atoms with Crippen LogP contribution in [0.4, 0.5) is 0 Å². The van der Waals surface area contributed by atoms with Crippen LogP contribution in [-0.2, 0) is 6.42 Å². The zero-order chi connectivity index (χ0) is 9.10. The van der Waals surface area contributed by atoms with Gasteiger partial charge in [0.25, 0.3) is 0 Å². The summed E-state index contributed by atoms with van der Waals surface area (Å²) >= 11 is 0. The fourth-order valence-corrected chi connectivity index (χ4v) is 1.70. The molecular formula is C13H14. The van der Waals surface area contributed by atoms with Gasteiger partial charge in [-0.2, -0.15) is 0 Å². The van der Waals surface area contributed by atoms with Crippen molar-refractivity contribution in [3.8, 4) is 0 Å². The summed E-state index contributed by atoms with van der Waals surface area (Å²) in [6.45, 7) is 2.20. The minimum absolute atomic E-state index is 1.09. The molecule has 0 atom stereocenters. The molecule has 1 aromatic carbocycles. The molecule has 0 N–H and O–H groups in total. The van der Waals surface area contributed by atoms with Crippen LogP contribution < -0.4 is 0 Å². The predicted octanol–water partition coefficient (Wildman–Crippen LogP) is 3.51. The second-order valence-corrected chi connectivity index (χ2v) is 3.51. The second-order valence-electron chi connectivity index (χ2n) is 3.51. The third-order valence-electron chi connectivity index (χ3n) is 2.53. The first-order chi connectivity index (χ1) is 6.36. The first-order valence-corrected chi connectivity index (χ1v) is 4.76. The van der Waals surface area contributed by atoms with Gasteiger partial charge in [0, 0.05) is 0 Å². The monoisotopic (exact) mass is 170 g/mol. The second kappa shape index (κ2) is 3.61. The number of rotatable bonds is 2. The summed E-state index contributed by atoms with van der Waals surface area (Å²) in [5.74, 6) is 0. The van der Waals surface area contributed by atoms with Gasteiger partial charge >= 0.3 is 0 Å². The van der Waals surface area contributed by atoms with Gasteiger partial charge in [-0.1, -0.05) is 48.1 Å². The molecule has 66 valence electrons. The van der Waals surface area contributed by atoms with Crippen molar-refractivity contribution < 1.29 is 0 Å². The van der Waals surface area contributed by atoms with Gasteiger partial charge in [0.15, 0.2) is 0 Å². The highest BCUT2D eigenvalue weighted by Crippen LogP contribution is 2.22. The van der Waals surface area contributed by atoms with Crippen LogP contribution in [0.5, 0.6) is 0 Å². The SMILES string of the molecule is CC1=CCC=C1Cc1ccccc1. The normalized spacial score (nSPS) is 15.5. The van der Waals surface area contributed by atoms with E-state index < -0.39 is 0 Å². The fraction of sp³-hybridized carbons (Fsp3) is 0.231. The Morgan fingerprint density at radius 2 is 1.85 bits per heavy atom. The molecule has 0 amide bonds. The Kier molecular flexibility index (Phi) is 2.31. The molecule has 2 rings (SSSR count). The van der Waals surface area contributed by atoms with E-state index in [0.29, 0.717) is 0 Å². The van der Waals surface area contributed by atoms with Crippen LogP contribution in [-0.4, -0.2) is 0 Å². The minimum atomic E-state index is 1.09. The van der Waals surface area contributed by atoms with E-state index in [2.05, 4.69) is 49.4 Å². The van der Waals surface area contributed by atoms with Crippen molar-refractivity contribution in [1.29, 1.82) is 0 Å². The van der Waals surface area contributed by atoms with Crippen LogP contribution in [0, 0.1) is 0 Å². The maximum atomic E-state index is 2.32. The Morgan fingerprint density at radius 3 is 2.46 bits per heavy atom. The van der Waals surface area contributed by atoms with Crippen LogP contribution in [0.2, 0.25) is 0 Å². The van der Waals surface area contributed by atoms with Crippen LogP contribution in [0.3, 0.4) is 0 Å². The van der Waals surface area contributed by atoms with Crippen LogP contribution in [0.15, 0.2) is 53.6 Å². The van der Waals surface area contributed by atoms with Gasteiger partial charge in [0.2, 0.25) is 0 Å². The quantitative estimate of drug-likeness (QED) is 0.637. The Labute approximate surface area is 79.6 Å². The maximum absolute atomic E-state index is 2.32. The minimum Gasteiger partial charge on any atom is -0.0775 e. The molecule has 1 aliphatic rings. The molecule has 1 aliphatic carbocycles. The molecule has 0 heterocycles. The third kappa shape index (κ3) is 1.89. The molecule has 13 heavy (non-hydrogen) atoms. The number of benzene rings is 1. The molecule has 1 aromatic rings. The third-order valence-corrected chi connectivity index (χ3v) is 2.53. The molecule has 0 aliphatic heterocycles. The lowest BCUT2D eigenvalue weighted by atomic mass is 10.0. The fourth-order valence-electron chi connectivity index (χ4n) is 1.70. The standard InChI is InChI=1S/C13H14/c1-11-6-5-9-13(11)10-12-7-3-2-4-8-12/h2-4,6-9H,5,10H2,1H3. The summed E-state index contributed by atoms with van der Waals surface area (Å²) in [5, 5.41) is 0. The summed E-state index contributed by atoms with van der Waals surface area (Å²) in [4.78, 5) is 0. The van der Waals surface area contributed by atoms with E-state index in [-0.39, 0.29) is 0 Å². The molecular weight excluding hydrogens is 156 g/mol. The highest BCUT2D eigenvalue weighted by Gasteiger charge is 2.05. The van der Waals surface area contributed by atoms with Gasteiger partial charge in [0.1, 0.15) is 0 Å². The zero-order valence-corrected chi connectivity index (χ0v) is 7.96. The largest absolute Gasteiger partial charge is 0.0775 e. The van der Waals surface area contributed by atoms with Crippen LogP contribution in [0.1, 0.15) is 18.9 Å². The molecule has 0 fully saturated rings. The highest BCUT2D eigenvalue weighted by atomic mass is 14.1. The van der Waals surface area contributed by atoms with Crippen molar-refractivity contribution in [2.75, 3.05) is 0 Å². The summed E-state index contributed by atoms with van der Waals surface area (Å²) < 4.78 is 0. The molecule has 0 saturated carbocycles. The molecule has 0 spiro atoms. The Balaban J connectivity index is 2.12. The predicted molar refractivity (Wildman–Crippen MR) is 56.6 cm³/mol. The van der Waals surface area contributed by atoms with Crippen molar-refractivity contribution >= 4 is 0 Å². The molecule has 0 saturated heterocycles. The zero-order valence-electron chi connectivity index (χ0n) is 7.96. The van der Waals surface area contributed by atoms with E-state index in [1.165, 1.54) is 16.7 Å². The average Bonchev–Trinajstić information content (AvgIpc) is 2.54. The molecule has 0 unspecified atom stereocenters. The summed E-state index contributed by atoms with van der Waals surface area (Å²) in [6, 6.07) is 10.6. The lowest BCUT2D eigenvalue weighted by Crippen LogP contribution is -1.88. The van der Waals surface area contributed by atoms with Gasteiger partial charge in [0.05, 0.1) is 0 Å². The van der Waals surface area contributed by atoms with E-state index >= 15 is 0 Å². The lowest BCUT2D eigenvalue weighted by Gasteiger charge is -2.03. The first kappa shape index (κ1) is 8.31. The number of allylic oxidation sites excluding steroid dienone is 4.